The van der Waals surface area contributed by atoms with Gasteiger partial charge in [-0.3, -0.25) is 4.79 Å². The number of aromatic amines is 1. The van der Waals surface area contributed by atoms with Gasteiger partial charge in [-0.2, -0.15) is 0 Å². The third-order valence-electron chi connectivity index (χ3n) is 2.78. The minimum Gasteiger partial charge on any atom is -0.311 e. The van der Waals surface area contributed by atoms with Gasteiger partial charge in [0.25, 0.3) is 5.56 Å². The number of thioether (sulfide) groups is 1. The normalized spacial score (nSPS) is 10.8. The van der Waals surface area contributed by atoms with E-state index < -0.39 is 0 Å². The Labute approximate surface area is 133 Å². The molecule has 0 spiro atoms. The number of H-pyrrole nitrogens is 1. The van der Waals surface area contributed by atoms with E-state index in [1.807, 2.05) is 24.3 Å². The zero-order valence-corrected chi connectivity index (χ0v) is 13.4. The highest BCUT2D eigenvalue weighted by atomic mass is 35.5. The van der Waals surface area contributed by atoms with Crippen molar-refractivity contribution in [2.24, 2.45) is 0 Å². The molecule has 0 atom stereocenters. The Morgan fingerprint density at radius 1 is 1.38 bits per heavy atom. The molecule has 1 aromatic heterocycles. The van der Waals surface area contributed by atoms with Crippen LogP contribution in [0.25, 0.3) is 0 Å². The Kier molecular flexibility index (Phi) is 6.29. The minimum absolute atomic E-state index is 0.118. The van der Waals surface area contributed by atoms with Gasteiger partial charge in [0.2, 0.25) is 0 Å². The van der Waals surface area contributed by atoms with Gasteiger partial charge in [0.05, 0.1) is 16.5 Å². The van der Waals surface area contributed by atoms with Gasteiger partial charge in [0, 0.05) is 17.5 Å². The third kappa shape index (κ3) is 5.19. The summed E-state index contributed by atoms with van der Waals surface area (Å²) in [4.78, 5) is 19.9. The summed E-state index contributed by atoms with van der Waals surface area (Å²) in [6.07, 6.45) is 1.05. The minimum atomic E-state index is -0.118. The molecule has 0 aliphatic heterocycles. The van der Waals surface area contributed by atoms with Gasteiger partial charge in [-0.05, 0) is 25.1 Å². The summed E-state index contributed by atoms with van der Waals surface area (Å²) < 4.78 is 0. The van der Waals surface area contributed by atoms with E-state index in [4.69, 9.17) is 11.6 Å². The van der Waals surface area contributed by atoms with Gasteiger partial charge in [0.1, 0.15) is 5.82 Å². The molecule has 0 saturated carbocycles. The monoisotopic (exact) mass is 323 g/mol. The number of nitrogens with zero attached hydrogens (tertiary/aromatic N) is 1. The van der Waals surface area contributed by atoms with Crippen molar-refractivity contribution < 1.29 is 0 Å². The molecule has 0 radical (unpaired) electrons. The number of rotatable bonds is 7. The van der Waals surface area contributed by atoms with E-state index in [0.717, 1.165) is 23.6 Å². The lowest BCUT2D eigenvalue weighted by molar-refractivity contribution is 0.659. The maximum absolute atomic E-state index is 11.7. The molecule has 4 nitrogen and oxygen atoms in total. The van der Waals surface area contributed by atoms with Crippen molar-refractivity contribution in [1.29, 1.82) is 0 Å². The molecule has 1 aromatic carbocycles. The molecule has 0 aliphatic rings. The molecule has 1 heterocycles. The molecule has 2 N–H and O–H groups in total. The Bertz CT molecular complexity index is 645. The van der Waals surface area contributed by atoms with Crippen LogP contribution in [-0.4, -0.2) is 16.5 Å². The third-order valence-corrected chi connectivity index (χ3v) is 4.30. The average molecular weight is 324 g/mol. The maximum Gasteiger partial charge on any atom is 0.251 e. The van der Waals surface area contributed by atoms with Crippen molar-refractivity contribution in [2.75, 3.05) is 6.54 Å². The van der Waals surface area contributed by atoms with E-state index >= 15 is 0 Å². The molecule has 0 bridgehead atoms. The first-order chi connectivity index (χ1) is 10.2. The Morgan fingerprint density at radius 3 is 2.95 bits per heavy atom. The lowest BCUT2D eigenvalue weighted by atomic mass is 10.3. The van der Waals surface area contributed by atoms with Crippen molar-refractivity contribution in [3.8, 4) is 0 Å². The van der Waals surface area contributed by atoms with Crippen LogP contribution in [0.3, 0.4) is 0 Å². The fourth-order valence-corrected chi connectivity index (χ4v) is 2.93. The van der Waals surface area contributed by atoms with Crippen LogP contribution in [-0.2, 0) is 12.3 Å². The molecule has 2 aromatic rings. The van der Waals surface area contributed by atoms with E-state index in [2.05, 4.69) is 22.2 Å². The van der Waals surface area contributed by atoms with Crippen LogP contribution in [0.2, 0.25) is 5.02 Å². The van der Waals surface area contributed by atoms with Crippen LogP contribution in [0.1, 0.15) is 24.9 Å². The van der Waals surface area contributed by atoms with Crippen LogP contribution in [0.15, 0.2) is 40.0 Å². The highest BCUT2D eigenvalue weighted by Crippen LogP contribution is 2.28. The van der Waals surface area contributed by atoms with Gasteiger partial charge >= 0.3 is 0 Å². The molecular formula is C15H18ClN3OS. The molecular weight excluding hydrogens is 306 g/mol. The van der Waals surface area contributed by atoms with Crippen molar-refractivity contribution in [3.05, 3.63) is 57.2 Å². The van der Waals surface area contributed by atoms with Gasteiger partial charge < -0.3 is 10.3 Å². The van der Waals surface area contributed by atoms with Crippen LogP contribution in [0.5, 0.6) is 0 Å². The molecule has 0 aliphatic carbocycles. The highest BCUT2D eigenvalue weighted by molar-refractivity contribution is 7.98. The standard InChI is InChI=1S/C15H18ClN3OS/c1-2-7-17-9-11-8-15(20)19-14(18-11)10-21-13-6-4-3-5-12(13)16/h3-6,8,17H,2,7,9-10H2,1H3,(H,18,19,20). The number of hydrogen-bond donors (Lipinski definition) is 2. The summed E-state index contributed by atoms with van der Waals surface area (Å²) in [5.41, 5.74) is 0.648. The number of hydrogen-bond acceptors (Lipinski definition) is 4. The Hall–Kier alpha value is -1.30. The number of benzene rings is 1. The summed E-state index contributed by atoms with van der Waals surface area (Å²) in [5, 5.41) is 3.96. The first kappa shape index (κ1) is 16.1. The van der Waals surface area contributed by atoms with Gasteiger partial charge in [-0.15, -0.1) is 11.8 Å². The fourth-order valence-electron chi connectivity index (χ4n) is 1.82. The second kappa shape index (κ2) is 8.22. The zero-order valence-electron chi connectivity index (χ0n) is 11.9. The SMILES string of the molecule is CCCNCc1cc(=O)[nH]c(CSc2ccccc2Cl)n1. The highest BCUT2D eigenvalue weighted by Gasteiger charge is 2.04. The molecule has 0 unspecified atom stereocenters. The van der Waals surface area contributed by atoms with Crippen molar-refractivity contribution in [3.63, 3.8) is 0 Å². The van der Waals surface area contributed by atoms with Gasteiger partial charge in [-0.25, -0.2) is 4.98 Å². The summed E-state index contributed by atoms with van der Waals surface area (Å²) in [6.45, 7) is 3.63. The maximum atomic E-state index is 11.7. The lowest BCUT2D eigenvalue weighted by Gasteiger charge is -2.06. The first-order valence-electron chi connectivity index (χ1n) is 6.86. The fraction of sp³-hybridized carbons (Fsp3) is 0.333. The quantitative estimate of drug-likeness (QED) is 0.607. The molecule has 21 heavy (non-hydrogen) atoms. The van der Waals surface area contributed by atoms with Gasteiger partial charge in [0.15, 0.2) is 0 Å². The first-order valence-corrected chi connectivity index (χ1v) is 8.22. The van der Waals surface area contributed by atoms with Gasteiger partial charge in [-0.1, -0.05) is 30.7 Å². The van der Waals surface area contributed by atoms with Crippen LogP contribution >= 0.6 is 23.4 Å². The Balaban J connectivity index is 2.03. The van der Waals surface area contributed by atoms with Crippen LogP contribution < -0.4 is 10.9 Å². The second-order valence-electron chi connectivity index (χ2n) is 4.58. The predicted molar refractivity (Wildman–Crippen MR) is 87.9 cm³/mol. The van der Waals surface area contributed by atoms with E-state index in [1.165, 1.54) is 6.07 Å². The second-order valence-corrected chi connectivity index (χ2v) is 6.00. The Morgan fingerprint density at radius 2 is 2.19 bits per heavy atom. The van der Waals surface area contributed by atoms with Crippen LogP contribution in [0.4, 0.5) is 0 Å². The topological polar surface area (TPSA) is 57.8 Å². The lowest BCUT2D eigenvalue weighted by Crippen LogP contribution is -2.19. The molecule has 0 fully saturated rings. The zero-order chi connectivity index (χ0) is 15.1. The molecule has 6 heteroatoms. The summed E-state index contributed by atoms with van der Waals surface area (Å²) >= 11 is 7.68. The largest absolute Gasteiger partial charge is 0.311 e. The van der Waals surface area contributed by atoms with E-state index in [9.17, 15) is 4.79 Å². The number of aromatic nitrogens is 2. The van der Waals surface area contributed by atoms with Crippen molar-refractivity contribution >= 4 is 23.4 Å². The molecule has 112 valence electrons. The van der Waals surface area contributed by atoms with E-state index in [1.54, 1.807) is 11.8 Å². The molecule has 2 rings (SSSR count). The number of nitrogens with one attached hydrogen (secondary N) is 2. The molecule has 0 amide bonds. The van der Waals surface area contributed by atoms with Crippen molar-refractivity contribution in [2.45, 2.75) is 30.5 Å². The summed E-state index contributed by atoms with van der Waals surface area (Å²) in [7, 11) is 0. The summed E-state index contributed by atoms with van der Waals surface area (Å²) in [5.74, 6) is 1.25. The number of halogens is 1. The predicted octanol–water partition coefficient (Wildman–Crippen LogP) is 3.22. The smallest absolute Gasteiger partial charge is 0.251 e. The van der Waals surface area contributed by atoms with E-state index in [0.29, 0.717) is 23.1 Å². The van der Waals surface area contributed by atoms with E-state index in [-0.39, 0.29) is 5.56 Å². The summed E-state index contributed by atoms with van der Waals surface area (Å²) in [6, 6.07) is 9.18. The molecule has 0 saturated heterocycles. The van der Waals surface area contributed by atoms with Crippen LogP contribution in [0, 0.1) is 0 Å². The van der Waals surface area contributed by atoms with Crippen molar-refractivity contribution in [1.82, 2.24) is 15.3 Å². The average Bonchev–Trinajstić information content (AvgIpc) is 2.46.